The molecule has 0 bridgehead atoms. The van der Waals surface area contributed by atoms with Crippen molar-refractivity contribution in [1.29, 1.82) is 5.26 Å². The lowest BCUT2D eigenvalue weighted by Gasteiger charge is -2.30. The van der Waals surface area contributed by atoms with Crippen LogP contribution in [0.4, 0.5) is 9.18 Å². The van der Waals surface area contributed by atoms with Crippen LogP contribution in [0.15, 0.2) is 24.5 Å². The van der Waals surface area contributed by atoms with E-state index >= 15 is 0 Å². The third-order valence-electron chi connectivity index (χ3n) is 4.40. The Hall–Kier alpha value is -3.89. The Morgan fingerprint density at radius 2 is 2.00 bits per heavy atom. The Kier molecular flexibility index (Phi) is 7.42. The third kappa shape index (κ3) is 5.84. The summed E-state index contributed by atoms with van der Waals surface area (Å²) in [6.45, 7) is 4.35. The number of terminal acetylenes is 1. The largest absolute Gasteiger partial charge is 0.528 e. The molecular weight excluding hydrogens is 419 g/mol. The van der Waals surface area contributed by atoms with E-state index in [4.69, 9.17) is 30.7 Å². The fourth-order valence-electron chi connectivity index (χ4n) is 2.92. The Morgan fingerprint density at radius 1 is 1.28 bits per heavy atom. The molecule has 3 rings (SSSR count). The highest BCUT2D eigenvalue weighted by atomic mass is 19.1. The highest BCUT2D eigenvalue weighted by Gasteiger charge is 2.26. The lowest BCUT2D eigenvalue weighted by Crippen LogP contribution is -2.40. The van der Waals surface area contributed by atoms with E-state index in [1.165, 1.54) is 23.5 Å². The molecule has 1 fully saturated rings. The van der Waals surface area contributed by atoms with E-state index < -0.39 is 12.0 Å². The van der Waals surface area contributed by atoms with Crippen molar-refractivity contribution in [2.75, 3.05) is 13.1 Å². The minimum absolute atomic E-state index is 0.0432. The van der Waals surface area contributed by atoms with E-state index in [-0.39, 0.29) is 40.8 Å². The van der Waals surface area contributed by atoms with E-state index in [1.807, 2.05) is 6.07 Å². The van der Waals surface area contributed by atoms with Crippen LogP contribution in [-0.2, 0) is 9.57 Å². The van der Waals surface area contributed by atoms with Gasteiger partial charge >= 0.3 is 6.16 Å². The SMILES string of the molecule is C#Cc1c(Oc2ccc(C#N)cc2F)ncnc1OC1CCN(OC(=O)OC(C)C)CC1. The number of nitrogens with zero attached hydrogens (tertiary/aromatic N) is 4. The van der Waals surface area contributed by atoms with Crippen LogP contribution in [0.2, 0.25) is 0 Å². The summed E-state index contributed by atoms with van der Waals surface area (Å²) in [5.74, 6) is 1.65. The molecule has 1 aliphatic heterocycles. The number of nitriles is 1. The minimum atomic E-state index is -0.749. The average Bonchev–Trinajstić information content (AvgIpc) is 2.76. The van der Waals surface area contributed by atoms with Gasteiger partial charge in [-0.15, -0.1) is 11.5 Å². The summed E-state index contributed by atoms with van der Waals surface area (Å²) in [7, 11) is 0. The predicted octanol–water partition coefficient (Wildman–Crippen LogP) is 3.58. The highest BCUT2D eigenvalue weighted by Crippen LogP contribution is 2.30. The van der Waals surface area contributed by atoms with Crippen LogP contribution in [0, 0.1) is 29.5 Å². The topological polar surface area (TPSA) is 107 Å². The molecule has 32 heavy (non-hydrogen) atoms. The molecule has 1 aromatic carbocycles. The van der Waals surface area contributed by atoms with Gasteiger partial charge in [-0.05, 0) is 32.0 Å². The van der Waals surface area contributed by atoms with Gasteiger partial charge in [0.2, 0.25) is 11.8 Å². The van der Waals surface area contributed by atoms with Crippen LogP contribution in [0.1, 0.15) is 37.8 Å². The van der Waals surface area contributed by atoms with E-state index in [0.717, 1.165) is 6.07 Å². The summed E-state index contributed by atoms with van der Waals surface area (Å²) < 4.78 is 30.6. The summed E-state index contributed by atoms with van der Waals surface area (Å²) in [6, 6.07) is 5.63. The first-order chi connectivity index (χ1) is 15.4. The van der Waals surface area contributed by atoms with Crippen LogP contribution >= 0.6 is 0 Å². The minimum Gasteiger partial charge on any atom is -0.473 e. The van der Waals surface area contributed by atoms with Gasteiger partial charge in [-0.25, -0.2) is 19.2 Å². The van der Waals surface area contributed by atoms with Crippen molar-refractivity contribution in [3.8, 4) is 35.9 Å². The molecule has 1 saturated heterocycles. The van der Waals surface area contributed by atoms with Crippen molar-refractivity contribution in [3.63, 3.8) is 0 Å². The van der Waals surface area contributed by atoms with Gasteiger partial charge in [0.25, 0.3) is 0 Å². The van der Waals surface area contributed by atoms with E-state index in [1.54, 1.807) is 13.8 Å². The zero-order chi connectivity index (χ0) is 23.1. The maximum absolute atomic E-state index is 14.2. The highest BCUT2D eigenvalue weighted by molar-refractivity contribution is 5.59. The zero-order valence-corrected chi connectivity index (χ0v) is 17.6. The molecule has 0 unspecified atom stereocenters. The monoisotopic (exact) mass is 440 g/mol. The standard InChI is InChI=1S/C22H21FN4O5/c1-4-17-20(30-16-7-9-27(10-8-16)32-22(28)29-14(2)3)25-13-26-21(17)31-19-6-5-15(12-24)11-18(19)23/h1,5-6,11,13-14,16H,7-10H2,2-3H3. The molecule has 0 N–H and O–H groups in total. The van der Waals surface area contributed by atoms with Gasteiger partial charge in [0, 0.05) is 25.9 Å². The van der Waals surface area contributed by atoms with Crippen molar-refractivity contribution >= 4 is 6.16 Å². The smallest absolute Gasteiger partial charge is 0.473 e. The van der Waals surface area contributed by atoms with E-state index in [0.29, 0.717) is 25.9 Å². The summed E-state index contributed by atoms with van der Waals surface area (Å²) in [5.41, 5.74) is 0.293. The molecular formula is C22H21FN4O5. The Bertz CT molecular complexity index is 1060. The molecule has 166 valence electrons. The summed E-state index contributed by atoms with van der Waals surface area (Å²) in [4.78, 5) is 24.8. The Labute approximate surface area is 184 Å². The van der Waals surface area contributed by atoms with Crippen molar-refractivity contribution in [2.24, 2.45) is 0 Å². The lowest BCUT2D eigenvalue weighted by atomic mass is 10.1. The van der Waals surface area contributed by atoms with E-state index in [9.17, 15) is 9.18 Å². The van der Waals surface area contributed by atoms with Crippen LogP contribution in [0.5, 0.6) is 17.5 Å². The molecule has 0 spiro atoms. The molecule has 0 saturated carbocycles. The first kappa shape index (κ1) is 22.8. The summed E-state index contributed by atoms with van der Waals surface area (Å²) in [5, 5.41) is 10.4. The van der Waals surface area contributed by atoms with Gasteiger partial charge in [0.1, 0.15) is 18.0 Å². The molecule has 1 aromatic heterocycles. The molecule has 2 heterocycles. The number of rotatable bonds is 6. The van der Waals surface area contributed by atoms with Gasteiger partial charge in [0.15, 0.2) is 11.6 Å². The van der Waals surface area contributed by atoms with Crippen LogP contribution in [-0.4, -0.2) is 46.5 Å². The molecule has 9 nitrogen and oxygen atoms in total. The number of hydroxylamine groups is 2. The summed E-state index contributed by atoms with van der Waals surface area (Å²) in [6.07, 6.45) is 6.64. The lowest BCUT2D eigenvalue weighted by molar-refractivity contribution is -0.151. The van der Waals surface area contributed by atoms with Crippen LogP contribution in [0.3, 0.4) is 0 Å². The fourth-order valence-corrected chi connectivity index (χ4v) is 2.92. The second kappa shape index (κ2) is 10.4. The maximum atomic E-state index is 14.2. The quantitative estimate of drug-likeness (QED) is 0.492. The second-order valence-electron chi connectivity index (χ2n) is 7.12. The molecule has 0 radical (unpaired) electrons. The third-order valence-corrected chi connectivity index (χ3v) is 4.40. The predicted molar refractivity (Wildman–Crippen MR) is 109 cm³/mol. The number of carbonyl (C=O) groups excluding carboxylic acids is 1. The van der Waals surface area contributed by atoms with Crippen LogP contribution in [0.25, 0.3) is 0 Å². The number of hydrogen-bond acceptors (Lipinski definition) is 9. The van der Waals surface area contributed by atoms with Crippen molar-refractivity contribution in [1.82, 2.24) is 15.0 Å². The Morgan fingerprint density at radius 3 is 2.62 bits per heavy atom. The first-order valence-electron chi connectivity index (χ1n) is 9.89. The fraction of sp³-hybridized carbons (Fsp3) is 0.364. The number of aromatic nitrogens is 2. The Balaban J connectivity index is 1.64. The number of ether oxygens (including phenoxy) is 3. The van der Waals surface area contributed by atoms with E-state index in [2.05, 4.69) is 15.9 Å². The molecule has 10 heteroatoms. The number of hydrogen-bond donors (Lipinski definition) is 0. The molecule has 0 aliphatic carbocycles. The normalized spacial score (nSPS) is 14.3. The summed E-state index contributed by atoms with van der Waals surface area (Å²) >= 11 is 0. The molecule has 0 amide bonds. The average molecular weight is 440 g/mol. The number of piperidine rings is 1. The maximum Gasteiger partial charge on any atom is 0.528 e. The van der Waals surface area contributed by atoms with Gasteiger partial charge in [0.05, 0.1) is 17.7 Å². The van der Waals surface area contributed by atoms with Crippen molar-refractivity contribution in [3.05, 3.63) is 41.5 Å². The zero-order valence-electron chi connectivity index (χ0n) is 17.6. The van der Waals surface area contributed by atoms with Gasteiger partial charge in [-0.2, -0.15) is 5.26 Å². The number of benzene rings is 1. The molecule has 0 atom stereocenters. The van der Waals surface area contributed by atoms with Gasteiger partial charge in [-0.1, -0.05) is 5.92 Å². The second-order valence-corrected chi connectivity index (χ2v) is 7.12. The van der Waals surface area contributed by atoms with Gasteiger partial charge in [-0.3, -0.25) is 0 Å². The van der Waals surface area contributed by atoms with Crippen LogP contribution < -0.4 is 9.47 Å². The molecule has 2 aromatic rings. The van der Waals surface area contributed by atoms with Gasteiger partial charge < -0.3 is 19.0 Å². The van der Waals surface area contributed by atoms with Crippen molar-refractivity contribution < 1.29 is 28.2 Å². The van der Waals surface area contributed by atoms with Crippen molar-refractivity contribution in [2.45, 2.75) is 38.9 Å². The first-order valence-corrected chi connectivity index (χ1v) is 9.89. The number of halogens is 1. The molecule has 1 aliphatic rings. The number of carbonyl (C=O) groups is 1.